The first kappa shape index (κ1) is 9.77. The van der Waals surface area contributed by atoms with E-state index in [1.54, 1.807) is 23.3 Å². The maximum Gasteiger partial charge on any atom is 0.326 e. The van der Waals surface area contributed by atoms with E-state index in [4.69, 9.17) is 4.74 Å². The predicted molar refractivity (Wildman–Crippen MR) is 48.1 cm³/mol. The molecule has 0 N–H and O–H groups in total. The number of esters is 1. The van der Waals surface area contributed by atoms with Gasteiger partial charge < -0.3 is 9.30 Å². The van der Waals surface area contributed by atoms with Gasteiger partial charge in [-0.15, -0.1) is 0 Å². The van der Waals surface area contributed by atoms with Crippen molar-refractivity contribution in [3.05, 3.63) is 18.7 Å². The zero-order valence-corrected chi connectivity index (χ0v) is 8.15. The van der Waals surface area contributed by atoms with Gasteiger partial charge in [0.25, 0.3) is 0 Å². The maximum atomic E-state index is 11.3. The SMILES string of the molecule is CC(C)(C)OC(=O)Cn1ccnc1. The molecular formula is C9H14N2O2. The minimum absolute atomic E-state index is 0.220. The molecule has 1 aromatic rings. The quantitative estimate of drug-likeness (QED) is 0.646. The molecule has 0 unspecified atom stereocenters. The van der Waals surface area contributed by atoms with E-state index in [0.29, 0.717) is 0 Å². The van der Waals surface area contributed by atoms with Crippen molar-refractivity contribution < 1.29 is 9.53 Å². The molecule has 0 atom stereocenters. The summed E-state index contributed by atoms with van der Waals surface area (Å²) in [4.78, 5) is 15.1. The molecule has 0 amide bonds. The molecule has 4 heteroatoms. The summed E-state index contributed by atoms with van der Waals surface area (Å²) in [7, 11) is 0. The van der Waals surface area contributed by atoms with Gasteiger partial charge in [-0.25, -0.2) is 4.98 Å². The molecule has 0 fully saturated rings. The zero-order chi connectivity index (χ0) is 9.90. The van der Waals surface area contributed by atoms with Crippen molar-refractivity contribution in [3.63, 3.8) is 0 Å². The van der Waals surface area contributed by atoms with Crippen LogP contribution in [0, 0.1) is 0 Å². The molecule has 1 rings (SSSR count). The summed E-state index contributed by atoms with van der Waals surface area (Å²) in [6.45, 7) is 5.76. The van der Waals surface area contributed by atoms with Crippen molar-refractivity contribution in [1.82, 2.24) is 9.55 Å². The van der Waals surface area contributed by atoms with E-state index < -0.39 is 5.60 Å². The number of aromatic nitrogens is 2. The Morgan fingerprint density at radius 1 is 1.54 bits per heavy atom. The number of ether oxygens (including phenoxy) is 1. The van der Waals surface area contributed by atoms with Crippen molar-refractivity contribution in [2.75, 3.05) is 0 Å². The van der Waals surface area contributed by atoms with Crippen LogP contribution in [0.25, 0.3) is 0 Å². The van der Waals surface area contributed by atoms with Gasteiger partial charge >= 0.3 is 5.97 Å². The van der Waals surface area contributed by atoms with Crippen LogP contribution in [0.4, 0.5) is 0 Å². The fourth-order valence-electron chi connectivity index (χ4n) is 0.903. The molecule has 0 saturated carbocycles. The van der Waals surface area contributed by atoms with E-state index in [0.717, 1.165) is 0 Å². The summed E-state index contributed by atoms with van der Waals surface area (Å²) in [5.41, 5.74) is -0.419. The first-order valence-corrected chi connectivity index (χ1v) is 4.15. The van der Waals surface area contributed by atoms with Gasteiger partial charge in [-0.2, -0.15) is 0 Å². The lowest BCUT2D eigenvalue weighted by atomic mass is 10.2. The number of imidazole rings is 1. The van der Waals surface area contributed by atoms with Gasteiger partial charge in [0, 0.05) is 12.4 Å². The van der Waals surface area contributed by atoms with Crippen LogP contribution in [-0.2, 0) is 16.1 Å². The van der Waals surface area contributed by atoms with Crippen LogP contribution in [-0.4, -0.2) is 21.1 Å². The minimum Gasteiger partial charge on any atom is -0.459 e. The Bertz CT molecular complexity index is 272. The largest absolute Gasteiger partial charge is 0.459 e. The summed E-state index contributed by atoms with van der Waals surface area (Å²) in [5, 5.41) is 0. The molecule has 0 saturated heterocycles. The van der Waals surface area contributed by atoms with Crippen LogP contribution >= 0.6 is 0 Å². The van der Waals surface area contributed by atoms with E-state index in [9.17, 15) is 4.79 Å². The van der Waals surface area contributed by atoms with Gasteiger partial charge in [0.05, 0.1) is 6.33 Å². The van der Waals surface area contributed by atoms with Crippen molar-refractivity contribution >= 4 is 5.97 Å². The second kappa shape index (κ2) is 3.60. The number of hydrogen-bond acceptors (Lipinski definition) is 3. The average molecular weight is 182 g/mol. The fourth-order valence-corrected chi connectivity index (χ4v) is 0.903. The highest BCUT2D eigenvalue weighted by Crippen LogP contribution is 2.07. The van der Waals surface area contributed by atoms with E-state index in [1.807, 2.05) is 20.8 Å². The zero-order valence-electron chi connectivity index (χ0n) is 8.15. The third-order valence-corrected chi connectivity index (χ3v) is 1.29. The van der Waals surface area contributed by atoms with Crippen LogP contribution in [0.2, 0.25) is 0 Å². The van der Waals surface area contributed by atoms with Crippen LogP contribution in [0.1, 0.15) is 20.8 Å². The molecule has 72 valence electrons. The Morgan fingerprint density at radius 3 is 2.69 bits per heavy atom. The van der Waals surface area contributed by atoms with E-state index in [2.05, 4.69) is 4.98 Å². The van der Waals surface area contributed by atoms with Crippen LogP contribution < -0.4 is 0 Å². The molecule has 0 aliphatic heterocycles. The molecule has 0 bridgehead atoms. The Morgan fingerprint density at radius 2 is 2.23 bits per heavy atom. The van der Waals surface area contributed by atoms with Gasteiger partial charge in [0.1, 0.15) is 12.1 Å². The fraction of sp³-hybridized carbons (Fsp3) is 0.556. The lowest BCUT2D eigenvalue weighted by molar-refractivity contribution is -0.155. The summed E-state index contributed by atoms with van der Waals surface area (Å²) < 4.78 is 6.80. The number of carbonyl (C=O) groups is 1. The Kier molecular flexibility index (Phi) is 2.70. The number of hydrogen-bond donors (Lipinski definition) is 0. The topological polar surface area (TPSA) is 44.1 Å². The normalized spacial score (nSPS) is 11.3. The Balaban J connectivity index is 2.43. The van der Waals surface area contributed by atoms with Crippen LogP contribution in [0.15, 0.2) is 18.7 Å². The molecule has 1 aromatic heterocycles. The number of nitrogens with zero attached hydrogens (tertiary/aromatic N) is 2. The highest BCUT2D eigenvalue weighted by Gasteiger charge is 2.15. The number of rotatable bonds is 2. The Hall–Kier alpha value is -1.32. The number of carbonyl (C=O) groups excluding carboxylic acids is 1. The first-order chi connectivity index (χ1) is 5.97. The standard InChI is InChI=1S/C9H14N2O2/c1-9(2,3)13-8(12)6-11-5-4-10-7-11/h4-5,7H,6H2,1-3H3. The van der Waals surface area contributed by atoms with E-state index >= 15 is 0 Å². The molecule has 0 aliphatic rings. The summed E-state index contributed by atoms with van der Waals surface area (Å²) in [6.07, 6.45) is 4.94. The predicted octanol–water partition coefficient (Wildman–Crippen LogP) is 1.22. The molecular weight excluding hydrogens is 168 g/mol. The molecule has 0 aliphatic carbocycles. The second-order valence-electron chi connectivity index (χ2n) is 3.82. The van der Waals surface area contributed by atoms with Crippen molar-refractivity contribution in [1.29, 1.82) is 0 Å². The van der Waals surface area contributed by atoms with Crippen LogP contribution in [0.5, 0.6) is 0 Å². The van der Waals surface area contributed by atoms with Crippen molar-refractivity contribution in [2.45, 2.75) is 32.9 Å². The van der Waals surface area contributed by atoms with Crippen molar-refractivity contribution in [2.24, 2.45) is 0 Å². The summed E-state index contributed by atoms with van der Waals surface area (Å²) >= 11 is 0. The van der Waals surface area contributed by atoms with Gasteiger partial charge in [0.2, 0.25) is 0 Å². The first-order valence-electron chi connectivity index (χ1n) is 4.15. The lowest BCUT2D eigenvalue weighted by Gasteiger charge is -2.19. The molecule has 1 heterocycles. The minimum atomic E-state index is -0.419. The summed E-state index contributed by atoms with van der Waals surface area (Å²) in [5.74, 6) is -0.245. The monoisotopic (exact) mass is 182 g/mol. The highest BCUT2D eigenvalue weighted by molar-refractivity contribution is 5.69. The smallest absolute Gasteiger partial charge is 0.326 e. The van der Waals surface area contributed by atoms with Gasteiger partial charge in [-0.05, 0) is 20.8 Å². The maximum absolute atomic E-state index is 11.3. The average Bonchev–Trinajstić information content (AvgIpc) is 2.34. The lowest BCUT2D eigenvalue weighted by Crippen LogP contribution is -2.26. The van der Waals surface area contributed by atoms with Crippen LogP contribution in [0.3, 0.4) is 0 Å². The molecule has 0 spiro atoms. The molecule has 4 nitrogen and oxygen atoms in total. The highest BCUT2D eigenvalue weighted by atomic mass is 16.6. The van der Waals surface area contributed by atoms with E-state index in [1.165, 1.54) is 0 Å². The Labute approximate surface area is 77.5 Å². The van der Waals surface area contributed by atoms with Gasteiger partial charge in [-0.1, -0.05) is 0 Å². The van der Waals surface area contributed by atoms with Crippen molar-refractivity contribution in [3.8, 4) is 0 Å². The molecule has 0 aromatic carbocycles. The van der Waals surface area contributed by atoms with Gasteiger partial charge in [-0.3, -0.25) is 4.79 Å². The molecule has 13 heavy (non-hydrogen) atoms. The van der Waals surface area contributed by atoms with E-state index in [-0.39, 0.29) is 12.5 Å². The second-order valence-corrected chi connectivity index (χ2v) is 3.82. The molecule has 0 radical (unpaired) electrons. The van der Waals surface area contributed by atoms with Gasteiger partial charge in [0.15, 0.2) is 0 Å². The summed E-state index contributed by atoms with van der Waals surface area (Å²) in [6, 6.07) is 0. The third kappa shape index (κ3) is 3.73. The third-order valence-electron chi connectivity index (χ3n) is 1.29.